The Kier molecular flexibility index (Phi) is 8.65. The summed E-state index contributed by atoms with van der Waals surface area (Å²) in [5.74, 6) is 0.190. The van der Waals surface area contributed by atoms with Crippen molar-refractivity contribution in [2.45, 2.75) is 33.1 Å². The van der Waals surface area contributed by atoms with Gasteiger partial charge in [0.2, 0.25) is 5.91 Å². The summed E-state index contributed by atoms with van der Waals surface area (Å²) in [5, 5.41) is 0. The van der Waals surface area contributed by atoms with Crippen molar-refractivity contribution in [3.8, 4) is 5.75 Å². The molecule has 0 aliphatic rings. The maximum atomic E-state index is 11.7. The van der Waals surface area contributed by atoms with Gasteiger partial charge in [-0.15, -0.1) is 0 Å². The van der Waals surface area contributed by atoms with Crippen molar-refractivity contribution < 1.29 is 19.1 Å². The topological polar surface area (TPSA) is 76.7 Å². The molecule has 0 spiro atoms. The summed E-state index contributed by atoms with van der Waals surface area (Å²) in [5.41, 5.74) is 5.64. The Hall–Kier alpha value is -1.60. The van der Waals surface area contributed by atoms with E-state index in [0.717, 1.165) is 10.0 Å². The molecule has 0 unspecified atom stereocenters. The molecule has 0 aliphatic carbocycles. The van der Waals surface area contributed by atoms with Crippen molar-refractivity contribution in [1.82, 2.24) is 10.9 Å². The zero-order valence-electron chi connectivity index (χ0n) is 13.6. The number of hydrazine groups is 1. The molecular weight excluding hydrogens is 364 g/mol. The Morgan fingerprint density at radius 3 is 2.57 bits per heavy atom. The van der Waals surface area contributed by atoms with Gasteiger partial charge in [0, 0.05) is 11.1 Å². The third-order valence-corrected chi connectivity index (χ3v) is 3.46. The smallest absolute Gasteiger partial charge is 0.276 e. The number of nitrogens with one attached hydrogen (secondary N) is 2. The fourth-order valence-corrected chi connectivity index (χ4v) is 2.17. The minimum Gasteiger partial charge on any atom is -0.483 e. The fraction of sp³-hybridized carbons (Fsp3) is 0.500. The molecule has 6 nitrogen and oxygen atoms in total. The largest absolute Gasteiger partial charge is 0.483 e. The molecule has 0 fully saturated rings. The maximum Gasteiger partial charge on any atom is 0.276 e. The van der Waals surface area contributed by atoms with Crippen LogP contribution in [0.4, 0.5) is 0 Å². The molecule has 23 heavy (non-hydrogen) atoms. The van der Waals surface area contributed by atoms with Gasteiger partial charge in [-0.25, -0.2) is 0 Å². The van der Waals surface area contributed by atoms with Gasteiger partial charge in [0.25, 0.3) is 5.91 Å². The summed E-state index contributed by atoms with van der Waals surface area (Å²) in [7, 11) is 0. The molecule has 1 aromatic rings. The first kappa shape index (κ1) is 19.4. The third-order valence-electron chi connectivity index (χ3n) is 2.97. The van der Waals surface area contributed by atoms with Crippen molar-refractivity contribution in [2.24, 2.45) is 0 Å². The Morgan fingerprint density at radius 2 is 1.91 bits per heavy atom. The number of amides is 2. The number of carbonyl (C=O) groups excluding carboxylic acids is 2. The van der Waals surface area contributed by atoms with Gasteiger partial charge in [-0.3, -0.25) is 20.4 Å². The van der Waals surface area contributed by atoms with Crippen LogP contribution in [-0.4, -0.2) is 31.6 Å². The summed E-state index contributed by atoms with van der Waals surface area (Å²) in [6.45, 7) is 6.66. The molecule has 2 N–H and O–H groups in total. The molecule has 0 aromatic heterocycles. The van der Waals surface area contributed by atoms with E-state index in [2.05, 4.69) is 26.8 Å². The number of hydrogen-bond donors (Lipinski definition) is 2. The highest BCUT2D eigenvalue weighted by Crippen LogP contribution is 2.29. The van der Waals surface area contributed by atoms with E-state index in [4.69, 9.17) is 9.47 Å². The van der Waals surface area contributed by atoms with Crippen LogP contribution in [0.3, 0.4) is 0 Å². The minimum absolute atomic E-state index is 0.174. The lowest BCUT2D eigenvalue weighted by Gasteiger charge is -2.14. The number of benzene rings is 1. The van der Waals surface area contributed by atoms with Crippen LogP contribution in [0.1, 0.15) is 38.7 Å². The number of rotatable bonds is 8. The van der Waals surface area contributed by atoms with Crippen molar-refractivity contribution in [1.29, 1.82) is 0 Å². The molecule has 0 saturated heterocycles. The van der Waals surface area contributed by atoms with E-state index < -0.39 is 5.91 Å². The summed E-state index contributed by atoms with van der Waals surface area (Å²) in [6.07, 6.45) is 0.194. The van der Waals surface area contributed by atoms with Gasteiger partial charge in [0.15, 0.2) is 6.61 Å². The molecule has 0 radical (unpaired) electrons. The maximum absolute atomic E-state index is 11.7. The van der Waals surface area contributed by atoms with E-state index in [1.54, 1.807) is 0 Å². The van der Waals surface area contributed by atoms with Gasteiger partial charge in [0.05, 0.1) is 13.0 Å². The van der Waals surface area contributed by atoms with Crippen molar-refractivity contribution >= 4 is 27.7 Å². The second-order valence-electron chi connectivity index (χ2n) is 5.17. The second kappa shape index (κ2) is 10.2. The van der Waals surface area contributed by atoms with E-state index in [0.29, 0.717) is 19.0 Å². The highest BCUT2D eigenvalue weighted by molar-refractivity contribution is 9.10. The highest BCUT2D eigenvalue weighted by atomic mass is 79.9. The second-order valence-corrected chi connectivity index (χ2v) is 6.08. The predicted octanol–water partition coefficient (Wildman–Crippen LogP) is 2.53. The molecule has 2 amide bonds. The van der Waals surface area contributed by atoms with Crippen molar-refractivity contribution in [3.05, 3.63) is 28.2 Å². The van der Waals surface area contributed by atoms with E-state index in [9.17, 15) is 9.59 Å². The quantitative estimate of drug-likeness (QED) is 0.531. The lowest BCUT2D eigenvalue weighted by Crippen LogP contribution is -2.44. The lowest BCUT2D eigenvalue weighted by atomic mass is 10.0. The first-order valence-electron chi connectivity index (χ1n) is 7.51. The molecule has 7 heteroatoms. The molecule has 0 atom stereocenters. The highest BCUT2D eigenvalue weighted by Gasteiger charge is 2.11. The van der Waals surface area contributed by atoms with Crippen LogP contribution in [0.2, 0.25) is 0 Å². The van der Waals surface area contributed by atoms with E-state index in [1.807, 2.05) is 39.0 Å². The standard InChI is InChI=1S/C16H23BrN2O4/c1-4-22-8-7-15(20)18-19-16(21)10-23-14-6-5-12(17)9-13(14)11(2)3/h5-6,9,11H,4,7-8,10H2,1-3H3,(H,18,20)(H,19,21). The third kappa shape index (κ3) is 7.47. The van der Waals surface area contributed by atoms with E-state index in [-0.39, 0.29) is 24.9 Å². The summed E-state index contributed by atoms with van der Waals surface area (Å²) in [4.78, 5) is 23.1. The van der Waals surface area contributed by atoms with Gasteiger partial charge in [-0.05, 0) is 36.6 Å². The number of halogens is 1. The van der Waals surface area contributed by atoms with Gasteiger partial charge >= 0.3 is 0 Å². The average molecular weight is 387 g/mol. The molecule has 128 valence electrons. The Bertz CT molecular complexity index is 535. The predicted molar refractivity (Wildman–Crippen MR) is 91.1 cm³/mol. The monoisotopic (exact) mass is 386 g/mol. The Morgan fingerprint density at radius 1 is 1.22 bits per heavy atom. The molecule has 0 aliphatic heterocycles. The van der Waals surface area contributed by atoms with Crippen molar-refractivity contribution in [3.63, 3.8) is 0 Å². The van der Waals surface area contributed by atoms with Gasteiger partial charge in [-0.1, -0.05) is 29.8 Å². The molecule has 0 saturated carbocycles. The number of ether oxygens (including phenoxy) is 2. The van der Waals surface area contributed by atoms with Crippen LogP contribution in [0, 0.1) is 0 Å². The number of hydrogen-bond acceptors (Lipinski definition) is 4. The summed E-state index contributed by atoms with van der Waals surface area (Å²) < 4.78 is 11.6. The summed E-state index contributed by atoms with van der Waals surface area (Å²) >= 11 is 3.42. The first-order chi connectivity index (χ1) is 10.9. The summed E-state index contributed by atoms with van der Waals surface area (Å²) in [6, 6.07) is 5.63. The van der Waals surface area contributed by atoms with Crippen LogP contribution in [0.5, 0.6) is 5.75 Å². The van der Waals surface area contributed by atoms with Crippen LogP contribution in [-0.2, 0) is 14.3 Å². The molecule has 1 aromatic carbocycles. The number of carbonyl (C=O) groups is 2. The van der Waals surface area contributed by atoms with Gasteiger partial charge in [-0.2, -0.15) is 0 Å². The molecule has 1 rings (SSSR count). The first-order valence-corrected chi connectivity index (χ1v) is 8.31. The van der Waals surface area contributed by atoms with Gasteiger partial charge < -0.3 is 9.47 Å². The SMILES string of the molecule is CCOCCC(=O)NNC(=O)COc1ccc(Br)cc1C(C)C. The van der Waals surface area contributed by atoms with Crippen LogP contribution in [0.15, 0.2) is 22.7 Å². The Balaban J connectivity index is 2.40. The minimum atomic E-state index is -0.424. The van der Waals surface area contributed by atoms with Crippen LogP contribution < -0.4 is 15.6 Å². The normalized spacial score (nSPS) is 10.5. The lowest BCUT2D eigenvalue weighted by molar-refractivity contribution is -0.130. The van der Waals surface area contributed by atoms with Crippen molar-refractivity contribution in [2.75, 3.05) is 19.8 Å². The van der Waals surface area contributed by atoms with E-state index >= 15 is 0 Å². The van der Waals surface area contributed by atoms with E-state index in [1.165, 1.54) is 0 Å². The fourth-order valence-electron chi connectivity index (χ4n) is 1.79. The molecule has 0 heterocycles. The zero-order valence-corrected chi connectivity index (χ0v) is 15.2. The molecular formula is C16H23BrN2O4. The Labute approximate surface area is 145 Å². The average Bonchev–Trinajstić information content (AvgIpc) is 2.51. The molecule has 0 bridgehead atoms. The van der Waals surface area contributed by atoms with Crippen LogP contribution >= 0.6 is 15.9 Å². The van der Waals surface area contributed by atoms with Crippen LogP contribution in [0.25, 0.3) is 0 Å². The zero-order chi connectivity index (χ0) is 17.2. The van der Waals surface area contributed by atoms with Gasteiger partial charge in [0.1, 0.15) is 5.75 Å².